The molecule has 2 N–H and O–H groups in total. The van der Waals surface area contributed by atoms with Gasteiger partial charge in [0, 0.05) is 13.0 Å². The van der Waals surface area contributed by atoms with Crippen molar-refractivity contribution in [2.45, 2.75) is 12.8 Å². The number of nitrogens with one attached hydrogen (secondary N) is 1. The summed E-state index contributed by atoms with van der Waals surface area (Å²) >= 11 is 0. The van der Waals surface area contributed by atoms with Gasteiger partial charge in [-0.3, -0.25) is 4.79 Å². The quantitative estimate of drug-likeness (QED) is 0.418. The Bertz CT molecular complexity index is 148. The summed E-state index contributed by atoms with van der Waals surface area (Å²) in [5.41, 5.74) is 0. The maximum Gasteiger partial charge on any atom is 0.220 e. The van der Waals surface area contributed by atoms with Crippen molar-refractivity contribution in [2.75, 3.05) is 26.4 Å². The fourth-order valence-electron chi connectivity index (χ4n) is 0.751. The topological polar surface area (TPSA) is 58.6 Å². The van der Waals surface area contributed by atoms with Gasteiger partial charge in [-0.1, -0.05) is 6.08 Å². The molecule has 0 saturated heterocycles. The van der Waals surface area contributed by atoms with E-state index in [4.69, 9.17) is 9.84 Å². The second kappa shape index (κ2) is 9.22. The fraction of sp³-hybridized carbons (Fsp3) is 0.667. The van der Waals surface area contributed by atoms with Crippen LogP contribution in [0, 0.1) is 0 Å². The lowest BCUT2D eigenvalue weighted by atomic mass is 10.3. The summed E-state index contributed by atoms with van der Waals surface area (Å²) in [7, 11) is 0. The van der Waals surface area contributed by atoms with E-state index in [1.807, 2.05) is 0 Å². The van der Waals surface area contributed by atoms with E-state index >= 15 is 0 Å². The zero-order valence-corrected chi connectivity index (χ0v) is 7.79. The summed E-state index contributed by atoms with van der Waals surface area (Å²) in [6, 6.07) is 0. The van der Waals surface area contributed by atoms with Crippen molar-refractivity contribution in [3.05, 3.63) is 12.7 Å². The number of ether oxygens (including phenoxy) is 1. The van der Waals surface area contributed by atoms with Gasteiger partial charge in [-0.25, -0.2) is 0 Å². The molecule has 0 unspecified atom stereocenters. The van der Waals surface area contributed by atoms with Crippen molar-refractivity contribution in [2.24, 2.45) is 0 Å². The highest BCUT2D eigenvalue weighted by atomic mass is 16.5. The van der Waals surface area contributed by atoms with E-state index in [0.29, 0.717) is 32.6 Å². The first-order chi connectivity index (χ1) is 6.31. The average Bonchev–Trinajstić information content (AvgIpc) is 2.14. The average molecular weight is 187 g/mol. The molecule has 1 amide bonds. The van der Waals surface area contributed by atoms with Gasteiger partial charge in [0.05, 0.1) is 19.8 Å². The molecule has 0 aliphatic carbocycles. The number of aliphatic hydroxyl groups excluding tert-OH is 1. The van der Waals surface area contributed by atoms with Gasteiger partial charge < -0.3 is 15.2 Å². The van der Waals surface area contributed by atoms with Crippen LogP contribution in [-0.4, -0.2) is 37.4 Å². The van der Waals surface area contributed by atoms with Crippen LogP contribution in [0.1, 0.15) is 12.8 Å². The molecule has 0 radical (unpaired) electrons. The number of carbonyl (C=O) groups excluding carboxylic acids is 1. The molecule has 0 spiro atoms. The lowest BCUT2D eigenvalue weighted by Crippen LogP contribution is -2.27. The van der Waals surface area contributed by atoms with Crippen LogP contribution in [0.3, 0.4) is 0 Å². The molecule has 0 atom stereocenters. The predicted molar refractivity (Wildman–Crippen MR) is 50.3 cm³/mol. The number of carbonyl (C=O) groups is 1. The highest BCUT2D eigenvalue weighted by Gasteiger charge is 1.97. The first-order valence-corrected chi connectivity index (χ1v) is 4.37. The van der Waals surface area contributed by atoms with Crippen molar-refractivity contribution in [1.82, 2.24) is 5.32 Å². The van der Waals surface area contributed by atoms with E-state index in [9.17, 15) is 4.79 Å². The van der Waals surface area contributed by atoms with Crippen LogP contribution < -0.4 is 5.32 Å². The first-order valence-electron chi connectivity index (χ1n) is 4.37. The van der Waals surface area contributed by atoms with Gasteiger partial charge >= 0.3 is 0 Å². The van der Waals surface area contributed by atoms with Crippen molar-refractivity contribution < 1.29 is 14.6 Å². The van der Waals surface area contributed by atoms with E-state index < -0.39 is 0 Å². The number of aliphatic hydroxyl groups is 1. The van der Waals surface area contributed by atoms with Crippen LogP contribution in [0.2, 0.25) is 0 Å². The molecule has 0 saturated carbocycles. The zero-order valence-electron chi connectivity index (χ0n) is 7.79. The molecule has 0 aromatic rings. The highest BCUT2D eigenvalue weighted by Crippen LogP contribution is 1.87. The van der Waals surface area contributed by atoms with E-state index in [1.165, 1.54) is 0 Å². The van der Waals surface area contributed by atoms with Crippen LogP contribution in [0.25, 0.3) is 0 Å². The van der Waals surface area contributed by atoms with Crippen molar-refractivity contribution in [1.29, 1.82) is 0 Å². The summed E-state index contributed by atoms with van der Waals surface area (Å²) in [4.78, 5) is 11.0. The second-order valence-corrected chi connectivity index (χ2v) is 2.51. The molecule has 0 aromatic heterocycles. The van der Waals surface area contributed by atoms with Crippen LogP contribution in [-0.2, 0) is 9.53 Å². The molecular formula is C9H17NO3. The molecule has 4 heteroatoms. The van der Waals surface area contributed by atoms with Crippen LogP contribution >= 0.6 is 0 Å². The van der Waals surface area contributed by atoms with Gasteiger partial charge in [0.15, 0.2) is 0 Å². The minimum atomic E-state index is 0.00694. The largest absolute Gasteiger partial charge is 0.394 e. The monoisotopic (exact) mass is 187 g/mol. The first kappa shape index (κ1) is 12.1. The van der Waals surface area contributed by atoms with Gasteiger partial charge in [-0.05, 0) is 6.42 Å². The van der Waals surface area contributed by atoms with Crippen molar-refractivity contribution >= 4 is 5.91 Å². The number of hydrogen-bond acceptors (Lipinski definition) is 3. The molecule has 0 aliphatic rings. The van der Waals surface area contributed by atoms with Gasteiger partial charge in [-0.15, -0.1) is 6.58 Å². The van der Waals surface area contributed by atoms with Crippen molar-refractivity contribution in [3.63, 3.8) is 0 Å². The highest BCUT2D eigenvalue weighted by molar-refractivity contribution is 5.75. The minimum Gasteiger partial charge on any atom is -0.394 e. The van der Waals surface area contributed by atoms with Crippen molar-refractivity contribution in [3.8, 4) is 0 Å². The Morgan fingerprint density at radius 3 is 2.92 bits per heavy atom. The van der Waals surface area contributed by atoms with Crippen LogP contribution in [0.4, 0.5) is 0 Å². The van der Waals surface area contributed by atoms with Gasteiger partial charge in [0.1, 0.15) is 0 Å². The smallest absolute Gasteiger partial charge is 0.220 e. The van der Waals surface area contributed by atoms with Gasteiger partial charge in [0.2, 0.25) is 5.91 Å². The Morgan fingerprint density at radius 2 is 2.31 bits per heavy atom. The summed E-state index contributed by atoms with van der Waals surface area (Å²) in [6.45, 7) is 4.80. The molecule has 0 aromatic carbocycles. The molecule has 0 bridgehead atoms. The molecular weight excluding hydrogens is 170 g/mol. The molecule has 4 nitrogen and oxygen atoms in total. The summed E-state index contributed by atoms with van der Waals surface area (Å²) in [5, 5.41) is 11.1. The summed E-state index contributed by atoms with van der Waals surface area (Å²) in [6.07, 6.45) is 2.88. The predicted octanol–water partition coefficient (Wildman–Crippen LogP) is 0.0777. The molecule has 76 valence electrons. The SMILES string of the molecule is C=CCCC(=O)NCCOCCO. The Kier molecular flexibility index (Phi) is 8.60. The zero-order chi connectivity index (χ0) is 9.94. The number of hydrogen-bond donors (Lipinski definition) is 2. The third kappa shape index (κ3) is 9.04. The molecule has 0 aliphatic heterocycles. The lowest BCUT2D eigenvalue weighted by Gasteiger charge is -2.04. The Labute approximate surface area is 78.6 Å². The number of amides is 1. The Hall–Kier alpha value is -0.870. The molecule has 0 heterocycles. The number of rotatable bonds is 8. The molecule has 0 fully saturated rings. The van der Waals surface area contributed by atoms with Crippen LogP contribution in [0.15, 0.2) is 12.7 Å². The van der Waals surface area contributed by atoms with E-state index in [0.717, 1.165) is 0 Å². The Balaban J connectivity index is 3.12. The molecule has 0 rings (SSSR count). The third-order valence-electron chi connectivity index (χ3n) is 1.38. The maximum atomic E-state index is 11.0. The minimum absolute atomic E-state index is 0.00694. The number of allylic oxidation sites excluding steroid dienone is 1. The Morgan fingerprint density at radius 1 is 1.54 bits per heavy atom. The van der Waals surface area contributed by atoms with E-state index in [-0.39, 0.29) is 12.5 Å². The van der Waals surface area contributed by atoms with Gasteiger partial charge in [0.25, 0.3) is 0 Å². The third-order valence-corrected chi connectivity index (χ3v) is 1.38. The second-order valence-electron chi connectivity index (χ2n) is 2.51. The van der Waals surface area contributed by atoms with Gasteiger partial charge in [-0.2, -0.15) is 0 Å². The fourth-order valence-corrected chi connectivity index (χ4v) is 0.751. The summed E-state index contributed by atoms with van der Waals surface area (Å²) < 4.78 is 4.95. The molecule has 13 heavy (non-hydrogen) atoms. The maximum absolute atomic E-state index is 11.0. The standard InChI is InChI=1S/C9H17NO3/c1-2-3-4-9(12)10-5-7-13-8-6-11/h2,11H,1,3-8H2,(H,10,12). The van der Waals surface area contributed by atoms with E-state index in [1.54, 1.807) is 6.08 Å². The normalized spacial score (nSPS) is 9.62. The van der Waals surface area contributed by atoms with Crippen LogP contribution in [0.5, 0.6) is 0 Å². The lowest BCUT2D eigenvalue weighted by molar-refractivity contribution is -0.121. The van der Waals surface area contributed by atoms with E-state index in [2.05, 4.69) is 11.9 Å². The summed E-state index contributed by atoms with van der Waals surface area (Å²) in [5.74, 6) is 0.00694.